The number of carbonyl (C=O) groups is 1. The van der Waals surface area contributed by atoms with Crippen molar-refractivity contribution in [1.29, 1.82) is 0 Å². The highest BCUT2D eigenvalue weighted by molar-refractivity contribution is 5.68. The van der Waals surface area contributed by atoms with Gasteiger partial charge in [0.15, 0.2) is 0 Å². The fourth-order valence-corrected chi connectivity index (χ4v) is 1.92. The Morgan fingerprint density at radius 1 is 1.40 bits per heavy atom. The van der Waals surface area contributed by atoms with Crippen molar-refractivity contribution in [3.05, 3.63) is 0 Å². The van der Waals surface area contributed by atoms with E-state index in [4.69, 9.17) is 10.5 Å². The van der Waals surface area contributed by atoms with Crippen molar-refractivity contribution in [3.8, 4) is 0 Å². The summed E-state index contributed by atoms with van der Waals surface area (Å²) in [5.41, 5.74) is 6.00. The molecule has 0 unspecified atom stereocenters. The van der Waals surface area contributed by atoms with Gasteiger partial charge >= 0.3 is 5.97 Å². The van der Waals surface area contributed by atoms with E-state index in [-0.39, 0.29) is 11.5 Å². The standard InChI is InChI=1S/C11H21NO3/c1-14-10(13)5-4-8-15-9-11(12)6-2-3-7-11/h2-9,12H2,1H3. The van der Waals surface area contributed by atoms with Crippen LogP contribution >= 0.6 is 0 Å². The fourth-order valence-electron chi connectivity index (χ4n) is 1.92. The number of nitrogens with two attached hydrogens (primary N) is 1. The Labute approximate surface area is 91.1 Å². The molecule has 88 valence electrons. The van der Waals surface area contributed by atoms with E-state index >= 15 is 0 Å². The monoisotopic (exact) mass is 215 g/mol. The molecule has 2 N–H and O–H groups in total. The van der Waals surface area contributed by atoms with E-state index in [0.29, 0.717) is 26.1 Å². The molecule has 0 aliphatic heterocycles. The van der Waals surface area contributed by atoms with Gasteiger partial charge in [-0.25, -0.2) is 0 Å². The Balaban J connectivity index is 1.99. The summed E-state index contributed by atoms with van der Waals surface area (Å²) in [5, 5.41) is 0. The first-order valence-electron chi connectivity index (χ1n) is 5.60. The molecule has 0 aromatic rings. The first kappa shape index (κ1) is 12.5. The van der Waals surface area contributed by atoms with Gasteiger partial charge in [0.2, 0.25) is 0 Å². The molecule has 0 saturated heterocycles. The Morgan fingerprint density at radius 2 is 2.07 bits per heavy atom. The first-order valence-corrected chi connectivity index (χ1v) is 5.60. The van der Waals surface area contributed by atoms with Crippen molar-refractivity contribution in [2.75, 3.05) is 20.3 Å². The zero-order valence-electron chi connectivity index (χ0n) is 9.46. The average molecular weight is 215 g/mol. The summed E-state index contributed by atoms with van der Waals surface area (Å²) in [6, 6.07) is 0. The van der Waals surface area contributed by atoms with Crippen LogP contribution in [0.4, 0.5) is 0 Å². The van der Waals surface area contributed by atoms with Gasteiger partial charge in [0, 0.05) is 18.6 Å². The molecule has 0 amide bonds. The maximum atomic E-state index is 10.8. The van der Waals surface area contributed by atoms with Gasteiger partial charge in [0.05, 0.1) is 13.7 Å². The number of esters is 1. The fraction of sp³-hybridized carbons (Fsp3) is 0.909. The maximum absolute atomic E-state index is 10.8. The zero-order valence-corrected chi connectivity index (χ0v) is 9.46. The van der Waals surface area contributed by atoms with Gasteiger partial charge in [-0.05, 0) is 19.3 Å². The molecule has 1 rings (SSSR count). The molecule has 15 heavy (non-hydrogen) atoms. The second kappa shape index (κ2) is 6.08. The number of carbonyl (C=O) groups excluding carboxylic acids is 1. The third-order valence-electron chi connectivity index (χ3n) is 2.89. The summed E-state index contributed by atoms with van der Waals surface area (Å²) < 4.78 is 10.0. The summed E-state index contributed by atoms with van der Waals surface area (Å²) in [6.07, 6.45) is 5.68. The molecule has 0 atom stereocenters. The predicted molar refractivity (Wildman–Crippen MR) is 57.5 cm³/mol. The minimum Gasteiger partial charge on any atom is -0.469 e. The van der Waals surface area contributed by atoms with E-state index in [9.17, 15) is 4.79 Å². The van der Waals surface area contributed by atoms with Crippen LogP contribution in [0.5, 0.6) is 0 Å². The molecular formula is C11H21NO3. The molecule has 0 radical (unpaired) electrons. The van der Waals surface area contributed by atoms with E-state index in [1.165, 1.54) is 20.0 Å². The van der Waals surface area contributed by atoms with E-state index in [2.05, 4.69) is 4.74 Å². The second-order valence-corrected chi connectivity index (χ2v) is 4.30. The van der Waals surface area contributed by atoms with Crippen LogP contribution in [0.2, 0.25) is 0 Å². The van der Waals surface area contributed by atoms with Crippen molar-refractivity contribution in [2.45, 2.75) is 44.1 Å². The van der Waals surface area contributed by atoms with Gasteiger partial charge in [-0.3, -0.25) is 4.79 Å². The molecule has 1 fully saturated rings. The van der Waals surface area contributed by atoms with Crippen LogP contribution in [0.1, 0.15) is 38.5 Å². The molecule has 1 aliphatic rings. The number of hydrogen-bond donors (Lipinski definition) is 1. The minimum absolute atomic E-state index is 0.106. The van der Waals surface area contributed by atoms with Crippen molar-refractivity contribution in [1.82, 2.24) is 0 Å². The summed E-state index contributed by atoms with van der Waals surface area (Å²) in [4.78, 5) is 10.8. The van der Waals surface area contributed by atoms with Crippen molar-refractivity contribution < 1.29 is 14.3 Å². The molecule has 1 saturated carbocycles. The largest absolute Gasteiger partial charge is 0.469 e. The first-order chi connectivity index (χ1) is 7.16. The predicted octanol–water partition coefficient (Wildman–Crippen LogP) is 1.23. The van der Waals surface area contributed by atoms with Crippen LogP contribution < -0.4 is 5.73 Å². The Bertz CT molecular complexity index is 200. The summed E-state index contributed by atoms with van der Waals surface area (Å²) in [7, 11) is 1.40. The Hall–Kier alpha value is -0.610. The van der Waals surface area contributed by atoms with Crippen molar-refractivity contribution in [3.63, 3.8) is 0 Å². The van der Waals surface area contributed by atoms with Crippen molar-refractivity contribution >= 4 is 5.97 Å². The van der Waals surface area contributed by atoms with Gasteiger partial charge < -0.3 is 15.2 Å². The highest BCUT2D eigenvalue weighted by Crippen LogP contribution is 2.27. The SMILES string of the molecule is COC(=O)CCCOCC1(N)CCCC1. The highest BCUT2D eigenvalue weighted by Gasteiger charge is 2.29. The third kappa shape index (κ3) is 4.62. The number of methoxy groups -OCH3 is 1. The second-order valence-electron chi connectivity index (χ2n) is 4.30. The summed E-state index contributed by atoms with van der Waals surface area (Å²) in [5.74, 6) is -0.179. The quantitative estimate of drug-likeness (QED) is 0.534. The maximum Gasteiger partial charge on any atom is 0.305 e. The van der Waals surface area contributed by atoms with Crippen LogP contribution in [0, 0.1) is 0 Å². The lowest BCUT2D eigenvalue weighted by Gasteiger charge is -2.22. The third-order valence-corrected chi connectivity index (χ3v) is 2.89. The Morgan fingerprint density at radius 3 is 2.67 bits per heavy atom. The molecule has 0 heterocycles. The van der Waals surface area contributed by atoms with Gasteiger partial charge in [-0.2, -0.15) is 0 Å². The van der Waals surface area contributed by atoms with Gasteiger partial charge in [-0.15, -0.1) is 0 Å². The average Bonchev–Trinajstić information content (AvgIpc) is 2.64. The van der Waals surface area contributed by atoms with E-state index < -0.39 is 0 Å². The van der Waals surface area contributed by atoms with E-state index in [1.807, 2.05) is 0 Å². The smallest absolute Gasteiger partial charge is 0.305 e. The van der Waals surface area contributed by atoms with Crippen LogP contribution in [0.25, 0.3) is 0 Å². The number of hydrogen-bond acceptors (Lipinski definition) is 4. The molecule has 1 aliphatic carbocycles. The molecule has 0 bridgehead atoms. The molecule has 4 heteroatoms. The summed E-state index contributed by atoms with van der Waals surface area (Å²) in [6.45, 7) is 1.21. The highest BCUT2D eigenvalue weighted by atomic mass is 16.5. The molecule has 0 spiro atoms. The lowest BCUT2D eigenvalue weighted by molar-refractivity contribution is -0.141. The number of rotatable bonds is 6. The van der Waals surface area contributed by atoms with Gasteiger partial charge in [-0.1, -0.05) is 12.8 Å². The normalized spacial score (nSPS) is 19.1. The molecular weight excluding hydrogens is 194 g/mol. The van der Waals surface area contributed by atoms with Gasteiger partial charge in [0.1, 0.15) is 0 Å². The Kier molecular flexibility index (Phi) is 5.05. The van der Waals surface area contributed by atoms with Crippen LogP contribution in [0.3, 0.4) is 0 Å². The molecule has 0 aromatic carbocycles. The lowest BCUT2D eigenvalue weighted by Crippen LogP contribution is -2.41. The van der Waals surface area contributed by atoms with Crippen LogP contribution in [-0.2, 0) is 14.3 Å². The van der Waals surface area contributed by atoms with Crippen molar-refractivity contribution in [2.24, 2.45) is 5.73 Å². The lowest BCUT2D eigenvalue weighted by atomic mass is 10.0. The van der Waals surface area contributed by atoms with Crippen LogP contribution in [0.15, 0.2) is 0 Å². The molecule has 0 aromatic heterocycles. The van der Waals surface area contributed by atoms with Crippen LogP contribution in [-0.4, -0.2) is 31.8 Å². The number of ether oxygens (including phenoxy) is 2. The summed E-state index contributed by atoms with van der Waals surface area (Å²) >= 11 is 0. The van der Waals surface area contributed by atoms with E-state index in [1.54, 1.807) is 0 Å². The topological polar surface area (TPSA) is 61.5 Å². The minimum atomic E-state index is -0.179. The van der Waals surface area contributed by atoms with E-state index in [0.717, 1.165) is 12.8 Å². The zero-order chi connectivity index (χ0) is 11.1. The van der Waals surface area contributed by atoms with Gasteiger partial charge in [0.25, 0.3) is 0 Å². The molecule has 4 nitrogen and oxygen atoms in total.